The molecule has 0 aromatic heterocycles. The Kier molecular flexibility index (Phi) is 3.23. The van der Waals surface area contributed by atoms with E-state index in [1.165, 1.54) is 24.3 Å². The Morgan fingerprint density at radius 2 is 1.89 bits per heavy atom. The van der Waals surface area contributed by atoms with Gasteiger partial charge in [-0.25, -0.2) is 13.6 Å². The van der Waals surface area contributed by atoms with Gasteiger partial charge in [0.2, 0.25) is 0 Å². The lowest BCUT2D eigenvalue weighted by atomic mass is 10.2. The van der Waals surface area contributed by atoms with Gasteiger partial charge in [0.1, 0.15) is 11.6 Å². The Hall–Kier alpha value is -2.43. The Morgan fingerprint density at radius 1 is 1.11 bits per heavy atom. The van der Waals surface area contributed by atoms with E-state index in [9.17, 15) is 13.6 Å². The van der Waals surface area contributed by atoms with E-state index >= 15 is 0 Å². The Morgan fingerprint density at radius 3 is 2.56 bits per heavy atom. The molecule has 0 fully saturated rings. The summed E-state index contributed by atoms with van der Waals surface area (Å²) in [7, 11) is 0. The third-order valence-electron chi connectivity index (χ3n) is 2.32. The number of aromatic carboxylic acids is 1. The topological polar surface area (TPSA) is 49.3 Å². The summed E-state index contributed by atoms with van der Waals surface area (Å²) in [4.78, 5) is 10.8. The molecule has 0 saturated carbocycles. The van der Waals surface area contributed by atoms with Crippen LogP contribution in [0.5, 0.6) is 0 Å². The Bertz CT molecular complexity index is 599. The summed E-state index contributed by atoms with van der Waals surface area (Å²) in [6.45, 7) is 0. The van der Waals surface area contributed by atoms with Crippen molar-refractivity contribution in [2.45, 2.75) is 0 Å². The van der Waals surface area contributed by atoms with Crippen LogP contribution in [0.2, 0.25) is 0 Å². The predicted octanol–water partition coefficient (Wildman–Crippen LogP) is 3.41. The highest BCUT2D eigenvalue weighted by Gasteiger charge is 2.06. The standard InChI is InChI=1S/C13H9F2NO2/c14-9-4-5-12(11(15)7-9)16-10-3-1-2-8(6-10)13(17)18/h1-7,16H,(H,17,18). The lowest BCUT2D eigenvalue weighted by Crippen LogP contribution is -1.99. The highest BCUT2D eigenvalue weighted by Crippen LogP contribution is 2.21. The number of rotatable bonds is 3. The SMILES string of the molecule is O=C(O)c1cccc(Nc2ccc(F)cc2F)c1. The van der Waals surface area contributed by atoms with Crippen molar-refractivity contribution >= 4 is 17.3 Å². The lowest BCUT2D eigenvalue weighted by Gasteiger charge is -2.08. The molecule has 2 aromatic carbocycles. The molecule has 0 amide bonds. The average Bonchev–Trinajstić information content (AvgIpc) is 2.33. The second-order valence-corrected chi connectivity index (χ2v) is 3.64. The van der Waals surface area contributed by atoms with Gasteiger partial charge in [0, 0.05) is 11.8 Å². The quantitative estimate of drug-likeness (QED) is 0.876. The Labute approximate surface area is 102 Å². The van der Waals surface area contributed by atoms with Crippen LogP contribution in [0.4, 0.5) is 20.2 Å². The molecule has 92 valence electrons. The lowest BCUT2D eigenvalue weighted by molar-refractivity contribution is 0.0697. The summed E-state index contributed by atoms with van der Waals surface area (Å²) < 4.78 is 26.1. The third-order valence-corrected chi connectivity index (χ3v) is 2.32. The Balaban J connectivity index is 2.28. The van der Waals surface area contributed by atoms with Gasteiger partial charge in [0.15, 0.2) is 0 Å². The fraction of sp³-hybridized carbons (Fsp3) is 0. The largest absolute Gasteiger partial charge is 0.478 e. The molecule has 3 nitrogen and oxygen atoms in total. The summed E-state index contributed by atoms with van der Waals surface area (Å²) in [5.74, 6) is -2.48. The van der Waals surface area contributed by atoms with Crippen LogP contribution >= 0.6 is 0 Å². The van der Waals surface area contributed by atoms with Gasteiger partial charge in [-0.05, 0) is 30.3 Å². The van der Waals surface area contributed by atoms with Gasteiger partial charge < -0.3 is 10.4 Å². The van der Waals surface area contributed by atoms with E-state index in [-0.39, 0.29) is 11.3 Å². The predicted molar refractivity (Wildman–Crippen MR) is 63.0 cm³/mol. The van der Waals surface area contributed by atoms with Crippen LogP contribution in [0, 0.1) is 11.6 Å². The monoisotopic (exact) mass is 249 g/mol. The summed E-state index contributed by atoms with van der Waals surface area (Å²) in [6.07, 6.45) is 0. The normalized spacial score (nSPS) is 10.1. The molecule has 5 heteroatoms. The molecule has 0 saturated heterocycles. The van der Waals surface area contributed by atoms with Crippen LogP contribution in [0.15, 0.2) is 42.5 Å². The molecule has 2 rings (SSSR count). The minimum atomic E-state index is -1.07. The van der Waals surface area contributed by atoms with Crippen molar-refractivity contribution in [1.29, 1.82) is 0 Å². The van der Waals surface area contributed by atoms with Crippen molar-refractivity contribution in [3.8, 4) is 0 Å². The number of anilines is 2. The molecule has 0 atom stereocenters. The number of carboxylic acids is 1. The van der Waals surface area contributed by atoms with E-state index in [0.29, 0.717) is 5.69 Å². The van der Waals surface area contributed by atoms with Gasteiger partial charge in [0.05, 0.1) is 11.3 Å². The molecule has 2 N–H and O–H groups in total. The van der Waals surface area contributed by atoms with Crippen molar-refractivity contribution in [2.24, 2.45) is 0 Å². The van der Waals surface area contributed by atoms with Crippen molar-refractivity contribution in [3.05, 3.63) is 59.7 Å². The summed E-state index contributed by atoms with van der Waals surface area (Å²) in [5.41, 5.74) is 0.585. The third kappa shape index (κ3) is 2.63. The highest BCUT2D eigenvalue weighted by atomic mass is 19.1. The molecule has 0 unspecified atom stereocenters. The molecule has 0 bridgehead atoms. The van der Waals surface area contributed by atoms with Crippen LogP contribution in [-0.4, -0.2) is 11.1 Å². The van der Waals surface area contributed by atoms with E-state index in [1.807, 2.05) is 0 Å². The van der Waals surface area contributed by atoms with Crippen molar-refractivity contribution < 1.29 is 18.7 Å². The van der Waals surface area contributed by atoms with E-state index in [0.717, 1.165) is 12.1 Å². The van der Waals surface area contributed by atoms with Crippen LogP contribution in [0.25, 0.3) is 0 Å². The molecule has 2 aromatic rings. The number of hydrogen-bond donors (Lipinski definition) is 2. The molecule has 0 spiro atoms. The fourth-order valence-corrected chi connectivity index (χ4v) is 1.48. The van der Waals surface area contributed by atoms with Gasteiger partial charge >= 0.3 is 5.97 Å². The van der Waals surface area contributed by atoms with Crippen molar-refractivity contribution in [1.82, 2.24) is 0 Å². The minimum absolute atomic E-state index is 0.0824. The van der Waals surface area contributed by atoms with Crippen molar-refractivity contribution in [3.63, 3.8) is 0 Å². The van der Waals surface area contributed by atoms with Crippen molar-refractivity contribution in [2.75, 3.05) is 5.32 Å². The molecular weight excluding hydrogens is 240 g/mol. The first-order valence-electron chi connectivity index (χ1n) is 5.12. The van der Waals surface area contributed by atoms with E-state index < -0.39 is 17.6 Å². The number of carboxylic acid groups (broad SMARTS) is 1. The molecule has 0 aliphatic rings. The molecule has 0 aliphatic heterocycles. The van der Waals surface area contributed by atoms with Gasteiger partial charge in [-0.15, -0.1) is 0 Å². The summed E-state index contributed by atoms with van der Waals surface area (Å²) in [6, 6.07) is 9.04. The second kappa shape index (κ2) is 4.83. The van der Waals surface area contributed by atoms with Gasteiger partial charge in [-0.2, -0.15) is 0 Å². The highest BCUT2D eigenvalue weighted by molar-refractivity contribution is 5.89. The first kappa shape index (κ1) is 12.0. The van der Waals surface area contributed by atoms with Crippen LogP contribution in [-0.2, 0) is 0 Å². The van der Waals surface area contributed by atoms with E-state index in [4.69, 9.17) is 5.11 Å². The van der Waals surface area contributed by atoms with Gasteiger partial charge in [-0.1, -0.05) is 6.07 Å². The number of benzene rings is 2. The summed E-state index contributed by atoms with van der Waals surface area (Å²) >= 11 is 0. The van der Waals surface area contributed by atoms with Crippen LogP contribution in [0.3, 0.4) is 0 Å². The molecule has 0 radical (unpaired) electrons. The van der Waals surface area contributed by atoms with E-state index in [2.05, 4.69) is 5.32 Å². The first-order valence-corrected chi connectivity index (χ1v) is 5.12. The smallest absolute Gasteiger partial charge is 0.335 e. The maximum Gasteiger partial charge on any atom is 0.335 e. The zero-order valence-electron chi connectivity index (χ0n) is 9.15. The van der Waals surface area contributed by atoms with E-state index in [1.54, 1.807) is 6.07 Å². The minimum Gasteiger partial charge on any atom is -0.478 e. The van der Waals surface area contributed by atoms with Gasteiger partial charge in [-0.3, -0.25) is 0 Å². The van der Waals surface area contributed by atoms with Crippen LogP contribution < -0.4 is 5.32 Å². The maximum absolute atomic E-state index is 13.4. The zero-order chi connectivity index (χ0) is 13.1. The van der Waals surface area contributed by atoms with Crippen LogP contribution in [0.1, 0.15) is 10.4 Å². The first-order chi connectivity index (χ1) is 8.56. The zero-order valence-corrected chi connectivity index (χ0v) is 9.15. The maximum atomic E-state index is 13.4. The molecule has 0 aliphatic carbocycles. The number of carbonyl (C=O) groups is 1. The molecule has 0 heterocycles. The number of hydrogen-bond acceptors (Lipinski definition) is 2. The molecule has 18 heavy (non-hydrogen) atoms. The summed E-state index contributed by atoms with van der Waals surface area (Å²) in [5, 5.41) is 11.5. The van der Waals surface area contributed by atoms with Gasteiger partial charge in [0.25, 0.3) is 0 Å². The number of halogens is 2. The second-order valence-electron chi connectivity index (χ2n) is 3.64. The molecular formula is C13H9F2NO2. The fourth-order valence-electron chi connectivity index (χ4n) is 1.48. The average molecular weight is 249 g/mol. The number of nitrogens with one attached hydrogen (secondary N) is 1.